The van der Waals surface area contributed by atoms with Crippen molar-refractivity contribution in [3.63, 3.8) is 0 Å². The first-order valence-corrected chi connectivity index (χ1v) is 6.07. The van der Waals surface area contributed by atoms with E-state index in [-0.39, 0.29) is 12.1 Å². The first-order valence-electron chi connectivity index (χ1n) is 6.07. The number of hydrogen-bond acceptors (Lipinski definition) is 3. The van der Waals surface area contributed by atoms with Crippen molar-refractivity contribution in [3.05, 3.63) is 28.8 Å². The van der Waals surface area contributed by atoms with E-state index in [2.05, 4.69) is 31.3 Å². The smallest absolute Gasteiger partial charge is 0.124 e. The van der Waals surface area contributed by atoms with E-state index in [1.54, 1.807) is 7.11 Å². The van der Waals surface area contributed by atoms with Gasteiger partial charge in [0.25, 0.3) is 0 Å². The summed E-state index contributed by atoms with van der Waals surface area (Å²) in [6.45, 7) is 6.23. The van der Waals surface area contributed by atoms with Crippen molar-refractivity contribution in [1.82, 2.24) is 5.32 Å². The molecular formula is C14H24N2O. The van der Waals surface area contributed by atoms with E-state index < -0.39 is 0 Å². The van der Waals surface area contributed by atoms with Gasteiger partial charge >= 0.3 is 0 Å². The SMILES string of the molecule is CNC(CC(C)N)c1c(C)cc(C)cc1OC. The van der Waals surface area contributed by atoms with E-state index >= 15 is 0 Å². The van der Waals surface area contributed by atoms with Crippen LogP contribution in [0.3, 0.4) is 0 Å². The van der Waals surface area contributed by atoms with Gasteiger partial charge in [0, 0.05) is 17.6 Å². The maximum absolute atomic E-state index is 5.90. The Morgan fingerprint density at radius 2 is 2.00 bits per heavy atom. The molecule has 2 unspecified atom stereocenters. The minimum Gasteiger partial charge on any atom is -0.496 e. The molecule has 0 saturated carbocycles. The normalized spacial score (nSPS) is 14.5. The molecule has 0 aliphatic heterocycles. The number of rotatable bonds is 5. The number of methoxy groups -OCH3 is 1. The van der Waals surface area contributed by atoms with Crippen LogP contribution in [0.25, 0.3) is 0 Å². The zero-order chi connectivity index (χ0) is 13.0. The summed E-state index contributed by atoms with van der Waals surface area (Å²) in [5, 5.41) is 3.32. The lowest BCUT2D eigenvalue weighted by Crippen LogP contribution is -2.26. The van der Waals surface area contributed by atoms with Crippen LogP contribution < -0.4 is 15.8 Å². The van der Waals surface area contributed by atoms with Gasteiger partial charge in [-0.15, -0.1) is 0 Å². The van der Waals surface area contributed by atoms with Crippen molar-refractivity contribution in [3.8, 4) is 5.75 Å². The Kier molecular flexibility index (Phi) is 4.97. The lowest BCUT2D eigenvalue weighted by molar-refractivity contribution is 0.394. The number of benzene rings is 1. The molecule has 0 radical (unpaired) electrons. The fourth-order valence-electron chi connectivity index (χ4n) is 2.31. The molecule has 0 aliphatic rings. The Balaban J connectivity index is 3.17. The lowest BCUT2D eigenvalue weighted by atomic mass is 9.94. The summed E-state index contributed by atoms with van der Waals surface area (Å²) in [6.07, 6.45) is 0.900. The molecule has 0 fully saturated rings. The van der Waals surface area contributed by atoms with Gasteiger partial charge in [-0.1, -0.05) is 6.07 Å². The second-order valence-corrected chi connectivity index (χ2v) is 4.75. The average molecular weight is 236 g/mol. The van der Waals surface area contributed by atoms with Crippen LogP contribution in [0, 0.1) is 13.8 Å². The van der Waals surface area contributed by atoms with E-state index in [1.165, 1.54) is 16.7 Å². The standard InChI is InChI=1S/C14H24N2O/c1-9-6-10(2)14(13(7-9)17-5)12(16-4)8-11(3)15/h6-7,11-12,16H,8,15H2,1-5H3. The second-order valence-electron chi connectivity index (χ2n) is 4.75. The lowest BCUT2D eigenvalue weighted by Gasteiger charge is -2.23. The molecule has 17 heavy (non-hydrogen) atoms. The number of nitrogens with two attached hydrogens (primary N) is 1. The minimum absolute atomic E-state index is 0.165. The highest BCUT2D eigenvalue weighted by molar-refractivity contribution is 5.45. The van der Waals surface area contributed by atoms with Crippen LogP contribution in [0.15, 0.2) is 12.1 Å². The summed E-state index contributed by atoms with van der Waals surface area (Å²) in [5.41, 5.74) is 9.59. The Morgan fingerprint density at radius 1 is 1.35 bits per heavy atom. The zero-order valence-electron chi connectivity index (χ0n) is 11.5. The third-order valence-corrected chi connectivity index (χ3v) is 3.02. The summed E-state index contributed by atoms with van der Waals surface area (Å²) in [4.78, 5) is 0. The van der Waals surface area contributed by atoms with Gasteiger partial charge in [0.15, 0.2) is 0 Å². The first-order chi connectivity index (χ1) is 7.99. The molecule has 0 amide bonds. The molecule has 2 atom stereocenters. The van der Waals surface area contributed by atoms with Crippen LogP contribution in [-0.4, -0.2) is 20.2 Å². The van der Waals surface area contributed by atoms with E-state index in [0.29, 0.717) is 0 Å². The molecule has 0 bridgehead atoms. The third kappa shape index (κ3) is 3.45. The molecule has 1 aromatic rings. The highest BCUT2D eigenvalue weighted by atomic mass is 16.5. The zero-order valence-corrected chi connectivity index (χ0v) is 11.5. The highest BCUT2D eigenvalue weighted by Crippen LogP contribution is 2.32. The van der Waals surface area contributed by atoms with E-state index in [1.807, 2.05) is 14.0 Å². The molecule has 0 saturated heterocycles. The molecule has 0 aromatic heterocycles. The largest absolute Gasteiger partial charge is 0.496 e. The van der Waals surface area contributed by atoms with Gasteiger partial charge in [-0.05, 0) is 51.4 Å². The summed E-state index contributed by atoms with van der Waals surface area (Å²) in [6, 6.07) is 4.67. The minimum atomic E-state index is 0.165. The van der Waals surface area contributed by atoms with Crippen molar-refractivity contribution < 1.29 is 4.74 Å². The Labute approximate surface area is 104 Å². The number of nitrogens with one attached hydrogen (secondary N) is 1. The van der Waals surface area contributed by atoms with Crippen LogP contribution in [-0.2, 0) is 0 Å². The maximum atomic E-state index is 5.90. The number of hydrogen-bond donors (Lipinski definition) is 2. The highest BCUT2D eigenvalue weighted by Gasteiger charge is 2.18. The van der Waals surface area contributed by atoms with Gasteiger partial charge in [0.1, 0.15) is 5.75 Å². The molecule has 3 heteroatoms. The van der Waals surface area contributed by atoms with Crippen molar-refractivity contribution in [2.75, 3.05) is 14.2 Å². The summed E-state index contributed by atoms with van der Waals surface area (Å²) in [7, 11) is 3.68. The molecule has 1 rings (SSSR count). The molecular weight excluding hydrogens is 212 g/mol. The third-order valence-electron chi connectivity index (χ3n) is 3.02. The van der Waals surface area contributed by atoms with Crippen molar-refractivity contribution in [2.24, 2.45) is 5.73 Å². The predicted octanol–water partition coefficient (Wildman–Crippen LogP) is 2.31. The number of aryl methyl sites for hydroxylation is 2. The quantitative estimate of drug-likeness (QED) is 0.824. The topological polar surface area (TPSA) is 47.3 Å². The number of ether oxygens (including phenoxy) is 1. The Hall–Kier alpha value is -1.06. The second kappa shape index (κ2) is 6.03. The monoisotopic (exact) mass is 236 g/mol. The van der Waals surface area contributed by atoms with Gasteiger partial charge in [-0.25, -0.2) is 0 Å². The van der Waals surface area contributed by atoms with Gasteiger partial charge in [0.05, 0.1) is 7.11 Å². The first kappa shape index (κ1) is 14.0. The molecule has 3 nitrogen and oxygen atoms in total. The van der Waals surface area contributed by atoms with Gasteiger partial charge in [-0.2, -0.15) is 0 Å². The fraction of sp³-hybridized carbons (Fsp3) is 0.571. The Morgan fingerprint density at radius 3 is 2.47 bits per heavy atom. The summed E-state index contributed by atoms with van der Waals surface area (Å²) in [5.74, 6) is 0.947. The van der Waals surface area contributed by atoms with Crippen LogP contribution in [0.4, 0.5) is 0 Å². The molecule has 0 heterocycles. The van der Waals surface area contributed by atoms with Crippen LogP contribution >= 0.6 is 0 Å². The van der Waals surface area contributed by atoms with E-state index in [0.717, 1.165) is 12.2 Å². The molecule has 0 spiro atoms. The van der Waals surface area contributed by atoms with Gasteiger partial charge < -0.3 is 15.8 Å². The van der Waals surface area contributed by atoms with Crippen LogP contribution in [0.1, 0.15) is 36.1 Å². The van der Waals surface area contributed by atoms with Gasteiger partial charge in [0.2, 0.25) is 0 Å². The van der Waals surface area contributed by atoms with Crippen LogP contribution in [0.2, 0.25) is 0 Å². The van der Waals surface area contributed by atoms with Gasteiger partial charge in [-0.3, -0.25) is 0 Å². The average Bonchev–Trinajstić information content (AvgIpc) is 2.25. The molecule has 3 N–H and O–H groups in total. The van der Waals surface area contributed by atoms with E-state index in [9.17, 15) is 0 Å². The van der Waals surface area contributed by atoms with Crippen LogP contribution in [0.5, 0.6) is 5.75 Å². The van der Waals surface area contributed by atoms with Crippen molar-refractivity contribution in [2.45, 2.75) is 39.3 Å². The molecule has 1 aromatic carbocycles. The van der Waals surface area contributed by atoms with Crippen molar-refractivity contribution >= 4 is 0 Å². The summed E-state index contributed by atoms with van der Waals surface area (Å²) < 4.78 is 5.49. The molecule has 0 aliphatic carbocycles. The maximum Gasteiger partial charge on any atom is 0.124 e. The molecule has 96 valence electrons. The Bertz CT molecular complexity index is 375. The summed E-state index contributed by atoms with van der Waals surface area (Å²) >= 11 is 0. The fourth-order valence-corrected chi connectivity index (χ4v) is 2.31. The van der Waals surface area contributed by atoms with E-state index in [4.69, 9.17) is 10.5 Å². The predicted molar refractivity (Wildman–Crippen MR) is 72.5 cm³/mol. The van der Waals surface area contributed by atoms with Crippen molar-refractivity contribution in [1.29, 1.82) is 0 Å².